The summed E-state index contributed by atoms with van der Waals surface area (Å²) in [6, 6.07) is 9.10. The molecule has 25 heavy (non-hydrogen) atoms. The summed E-state index contributed by atoms with van der Waals surface area (Å²) in [7, 11) is 0. The van der Waals surface area contributed by atoms with Gasteiger partial charge in [0.25, 0.3) is 5.91 Å². The molecule has 1 aromatic carbocycles. The highest BCUT2D eigenvalue weighted by Crippen LogP contribution is 2.19. The van der Waals surface area contributed by atoms with Gasteiger partial charge in [0, 0.05) is 23.4 Å². The topological polar surface area (TPSA) is 83.3 Å². The number of hydrogen-bond acceptors (Lipinski definition) is 5. The van der Waals surface area contributed by atoms with Crippen LogP contribution < -0.4 is 4.90 Å². The second kappa shape index (κ2) is 8.89. The van der Waals surface area contributed by atoms with E-state index in [1.54, 1.807) is 6.07 Å². The number of benzene rings is 1. The van der Waals surface area contributed by atoms with E-state index in [1.807, 2.05) is 6.07 Å². The van der Waals surface area contributed by atoms with Gasteiger partial charge in [0.15, 0.2) is 6.61 Å². The average molecular weight is 406 g/mol. The van der Waals surface area contributed by atoms with E-state index in [2.05, 4.69) is 20.9 Å². The number of hydrogen-bond donors (Lipinski definition) is 0. The van der Waals surface area contributed by atoms with Crippen molar-refractivity contribution in [3.63, 3.8) is 0 Å². The maximum absolute atomic E-state index is 13.9. The van der Waals surface area contributed by atoms with Gasteiger partial charge in [-0.3, -0.25) is 9.78 Å². The molecular weight excluding hydrogens is 393 g/mol. The molecule has 1 amide bonds. The molecule has 0 aliphatic rings. The van der Waals surface area contributed by atoms with Crippen molar-refractivity contribution in [3.05, 3.63) is 58.6 Å². The zero-order valence-corrected chi connectivity index (χ0v) is 14.6. The maximum Gasteiger partial charge on any atom is 0.340 e. The predicted molar refractivity (Wildman–Crippen MR) is 91.2 cm³/mol. The molecule has 8 heteroatoms. The van der Waals surface area contributed by atoms with Crippen LogP contribution in [-0.4, -0.2) is 30.0 Å². The van der Waals surface area contributed by atoms with Crippen molar-refractivity contribution < 1.29 is 18.7 Å². The highest BCUT2D eigenvalue weighted by atomic mass is 79.9. The number of aromatic nitrogens is 1. The van der Waals surface area contributed by atoms with Crippen LogP contribution in [0.15, 0.2) is 47.2 Å². The van der Waals surface area contributed by atoms with Crippen molar-refractivity contribution in [3.8, 4) is 6.07 Å². The Balaban J connectivity index is 2.08. The van der Waals surface area contributed by atoms with Gasteiger partial charge in [-0.1, -0.05) is 12.1 Å². The van der Waals surface area contributed by atoms with Gasteiger partial charge < -0.3 is 9.64 Å². The Kier molecular flexibility index (Phi) is 6.60. The third-order valence-corrected chi connectivity index (χ3v) is 3.59. The van der Waals surface area contributed by atoms with Gasteiger partial charge in [0.1, 0.15) is 5.82 Å². The number of rotatable bonds is 6. The lowest BCUT2D eigenvalue weighted by Crippen LogP contribution is -2.36. The van der Waals surface area contributed by atoms with Crippen molar-refractivity contribution in [2.45, 2.75) is 6.42 Å². The number of pyridine rings is 1. The molecule has 0 unspecified atom stereocenters. The lowest BCUT2D eigenvalue weighted by Gasteiger charge is -2.22. The number of anilines is 1. The summed E-state index contributed by atoms with van der Waals surface area (Å²) in [4.78, 5) is 29.2. The number of halogens is 2. The number of esters is 1. The molecule has 0 fully saturated rings. The second-order valence-corrected chi connectivity index (χ2v) is 5.79. The lowest BCUT2D eigenvalue weighted by molar-refractivity contribution is -0.121. The Morgan fingerprint density at radius 3 is 2.76 bits per heavy atom. The van der Waals surface area contributed by atoms with E-state index in [-0.39, 0.29) is 24.2 Å². The van der Waals surface area contributed by atoms with Crippen LogP contribution in [0.3, 0.4) is 0 Å². The fourth-order valence-corrected chi connectivity index (χ4v) is 2.39. The van der Waals surface area contributed by atoms with Crippen molar-refractivity contribution in [2.24, 2.45) is 0 Å². The molecule has 0 atom stereocenters. The summed E-state index contributed by atoms with van der Waals surface area (Å²) in [5.74, 6) is -1.95. The Labute approximate surface area is 152 Å². The Morgan fingerprint density at radius 2 is 2.08 bits per heavy atom. The second-order valence-electron chi connectivity index (χ2n) is 4.87. The molecule has 2 rings (SSSR count). The summed E-state index contributed by atoms with van der Waals surface area (Å²) in [6.45, 7) is -0.586. The fraction of sp³-hybridized carbons (Fsp3) is 0.176. The van der Waals surface area contributed by atoms with Crippen LogP contribution >= 0.6 is 15.9 Å². The predicted octanol–water partition coefficient (Wildman–Crippen LogP) is 3.09. The van der Waals surface area contributed by atoms with E-state index in [0.717, 1.165) is 4.90 Å². The molecular formula is C17H13BrFN3O3. The van der Waals surface area contributed by atoms with E-state index in [1.165, 1.54) is 36.7 Å². The minimum atomic E-state index is -0.726. The molecule has 0 saturated carbocycles. The Bertz CT molecular complexity index is 823. The lowest BCUT2D eigenvalue weighted by atomic mass is 10.2. The van der Waals surface area contributed by atoms with Crippen LogP contribution in [0.25, 0.3) is 0 Å². The monoisotopic (exact) mass is 405 g/mol. The number of nitrogens with zero attached hydrogens (tertiary/aromatic N) is 3. The Hall–Kier alpha value is -2.79. The van der Waals surface area contributed by atoms with Crippen molar-refractivity contribution in [2.75, 3.05) is 18.1 Å². The van der Waals surface area contributed by atoms with Gasteiger partial charge in [-0.05, 0) is 34.1 Å². The van der Waals surface area contributed by atoms with Gasteiger partial charge in [0.2, 0.25) is 0 Å². The van der Waals surface area contributed by atoms with Crippen LogP contribution in [0, 0.1) is 17.1 Å². The van der Waals surface area contributed by atoms with Crippen LogP contribution in [0.1, 0.15) is 16.8 Å². The van der Waals surface area contributed by atoms with E-state index in [9.17, 15) is 14.0 Å². The molecule has 0 radical (unpaired) electrons. The SMILES string of the molecule is N#CCCN(C(=O)COC(=O)c1cncc(Br)c1)c1ccccc1F. The molecule has 0 aliphatic heterocycles. The molecule has 0 bridgehead atoms. The average Bonchev–Trinajstić information content (AvgIpc) is 2.61. The molecule has 1 aromatic heterocycles. The minimum Gasteiger partial charge on any atom is -0.452 e. The van der Waals surface area contributed by atoms with Crippen LogP contribution in [0.4, 0.5) is 10.1 Å². The van der Waals surface area contributed by atoms with E-state index in [0.29, 0.717) is 4.47 Å². The van der Waals surface area contributed by atoms with Gasteiger partial charge in [0.05, 0.1) is 23.7 Å². The third kappa shape index (κ3) is 5.09. The number of nitriles is 1. The molecule has 1 heterocycles. The van der Waals surface area contributed by atoms with E-state index in [4.69, 9.17) is 10.00 Å². The summed E-state index contributed by atoms with van der Waals surface area (Å²) in [6.07, 6.45) is 2.83. The van der Waals surface area contributed by atoms with Crippen LogP contribution in [-0.2, 0) is 9.53 Å². The summed E-state index contributed by atoms with van der Waals surface area (Å²) >= 11 is 3.18. The molecule has 128 valence electrons. The highest BCUT2D eigenvalue weighted by molar-refractivity contribution is 9.10. The maximum atomic E-state index is 13.9. The smallest absolute Gasteiger partial charge is 0.340 e. The highest BCUT2D eigenvalue weighted by Gasteiger charge is 2.20. The number of carbonyl (C=O) groups is 2. The number of carbonyl (C=O) groups excluding carboxylic acids is 2. The van der Waals surface area contributed by atoms with Crippen molar-refractivity contribution in [1.82, 2.24) is 4.98 Å². The molecule has 0 aliphatic carbocycles. The first kappa shape index (κ1) is 18.5. The first-order chi connectivity index (χ1) is 12.0. The summed E-state index contributed by atoms with van der Waals surface area (Å²) in [5.41, 5.74) is 0.208. The molecule has 6 nitrogen and oxygen atoms in total. The fourth-order valence-electron chi connectivity index (χ4n) is 2.02. The van der Waals surface area contributed by atoms with Gasteiger partial charge in [-0.25, -0.2) is 9.18 Å². The molecule has 0 spiro atoms. The number of ether oxygens (including phenoxy) is 1. The number of amides is 1. The van der Waals surface area contributed by atoms with Gasteiger partial charge in [-0.15, -0.1) is 0 Å². The van der Waals surface area contributed by atoms with Crippen LogP contribution in [0.2, 0.25) is 0 Å². The number of para-hydroxylation sites is 1. The van der Waals surface area contributed by atoms with Gasteiger partial charge in [-0.2, -0.15) is 5.26 Å². The normalized spacial score (nSPS) is 9.96. The van der Waals surface area contributed by atoms with E-state index >= 15 is 0 Å². The first-order valence-electron chi connectivity index (χ1n) is 7.22. The molecule has 2 aromatic rings. The van der Waals surface area contributed by atoms with Crippen molar-refractivity contribution in [1.29, 1.82) is 5.26 Å². The largest absolute Gasteiger partial charge is 0.452 e. The third-order valence-electron chi connectivity index (χ3n) is 3.16. The first-order valence-corrected chi connectivity index (χ1v) is 8.01. The molecule has 0 N–H and O–H groups in total. The van der Waals surface area contributed by atoms with Crippen molar-refractivity contribution >= 4 is 33.5 Å². The standard InChI is InChI=1S/C17H13BrFN3O3/c18-13-8-12(9-21-10-13)17(24)25-11-16(23)22(7-3-6-20)15-5-2-1-4-14(15)19/h1-2,4-5,8-10H,3,7,11H2. The zero-order chi connectivity index (χ0) is 18.2. The quantitative estimate of drug-likeness (QED) is 0.689. The summed E-state index contributed by atoms with van der Waals surface area (Å²) in [5, 5.41) is 8.73. The molecule has 0 saturated heterocycles. The summed E-state index contributed by atoms with van der Waals surface area (Å²) < 4.78 is 19.5. The van der Waals surface area contributed by atoms with Crippen LogP contribution in [0.5, 0.6) is 0 Å². The Morgan fingerprint density at radius 1 is 1.32 bits per heavy atom. The van der Waals surface area contributed by atoms with Gasteiger partial charge >= 0.3 is 5.97 Å². The zero-order valence-electron chi connectivity index (χ0n) is 13.0. The minimum absolute atomic E-state index is 0.00768. The van der Waals surface area contributed by atoms with E-state index < -0.39 is 24.3 Å².